The summed E-state index contributed by atoms with van der Waals surface area (Å²) in [6, 6.07) is 3.39. The van der Waals surface area contributed by atoms with E-state index in [-0.39, 0.29) is 17.8 Å². The molecule has 0 unspecified atom stereocenters. The average molecular weight is 286 g/mol. The van der Waals surface area contributed by atoms with Crippen molar-refractivity contribution in [1.29, 1.82) is 5.26 Å². The van der Waals surface area contributed by atoms with E-state index in [1.54, 1.807) is 12.3 Å². The Hall–Kier alpha value is -1.71. The highest BCUT2D eigenvalue weighted by atomic mass is 35.5. The summed E-state index contributed by atoms with van der Waals surface area (Å²) >= 11 is 6.90. The lowest BCUT2D eigenvalue weighted by Gasteiger charge is -2.06. The van der Waals surface area contributed by atoms with Gasteiger partial charge in [-0.3, -0.25) is 0 Å². The van der Waals surface area contributed by atoms with E-state index >= 15 is 0 Å². The monoisotopic (exact) mass is 285 g/mol. The maximum Gasteiger partial charge on any atom is 0.183 e. The minimum absolute atomic E-state index is 0.00368. The fourth-order valence-electron chi connectivity index (χ4n) is 1.32. The van der Waals surface area contributed by atoms with E-state index in [4.69, 9.17) is 16.9 Å². The fourth-order valence-corrected chi connectivity index (χ4v) is 2.23. The summed E-state index contributed by atoms with van der Waals surface area (Å²) < 4.78 is 27.2. The van der Waals surface area contributed by atoms with Gasteiger partial charge < -0.3 is 5.32 Å². The molecule has 7 heteroatoms. The molecule has 1 heterocycles. The van der Waals surface area contributed by atoms with Gasteiger partial charge in [0.05, 0.1) is 17.8 Å². The van der Waals surface area contributed by atoms with Gasteiger partial charge in [-0.2, -0.15) is 5.26 Å². The van der Waals surface area contributed by atoms with E-state index < -0.39 is 11.6 Å². The van der Waals surface area contributed by atoms with Gasteiger partial charge in [0.25, 0.3) is 0 Å². The highest BCUT2D eigenvalue weighted by Gasteiger charge is 2.09. The van der Waals surface area contributed by atoms with Gasteiger partial charge in [0.2, 0.25) is 0 Å². The Morgan fingerprint density at radius 2 is 2.17 bits per heavy atom. The zero-order valence-electron chi connectivity index (χ0n) is 8.88. The summed E-state index contributed by atoms with van der Waals surface area (Å²) in [6.45, 7) is 0.284. The normalized spacial score (nSPS) is 10.1. The summed E-state index contributed by atoms with van der Waals surface area (Å²) in [6.07, 6.45) is 1.55. The molecule has 92 valence electrons. The van der Waals surface area contributed by atoms with Gasteiger partial charge in [-0.1, -0.05) is 11.6 Å². The Kier molecular flexibility index (Phi) is 3.75. The number of hydrogen-bond donors (Lipinski definition) is 1. The Morgan fingerprint density at radius 3 is 2.78 bits per heavy atom. The van der Waals surface area contributed by atoms with E-state index in [0.29, 0.717) is 4.47 Å². The van der Waals surface area contributed by atoms with Crippen LogP contribution < -0.4 is 5.32 Å². The lowest BCUT2D eigenvalue weighted by molar-refractivity contribution is 0.599. The third-order valence-corrected chi connectivity index (χ3v) is 3.27. The number of benzene rings is 1. The number of nitriles is 1. The second-order valence-electron chi connectivity index (χ2n) is 3.36. The number of nitrogens with zero attached hydrogens (tertiary/aromatic N) is 2. The zero-order valence-corrected chi connectivity index (χ0v) is 10.4. The van der Waals surface area contributed by atoms with Gasteiger partial charge in [-0.25, -0.2) is 13.8 Å². The highest BCUT2D eigenvalue weighted by molar-refractivity contribution is 7.15. The van der Waals surface area contributed by atoms with Crippen LogP contribution in [0.5, 0.6) is 0 Å². The van der Waals surface area contributed by atoms with Gasteiger partial charge >= 0.3 is 0 Å². The molecule has 0 aliphatic carbocycles. The average Bonchev–Trinajstić information content (AvgIpc) is 2.75. The molecular formula is C11H6ClF2N3S. The summed E-state index contributed by atoms with van der Waals surface area (Å²) in [4.78, 5) is 4.62. The Balaban J connectivity index is 2.15. The van der Waals surface area contributed by atoms with Crippen LogP contribution in [0.1, 0.15) is 10.4 Å². The number of thiazole rings is 1. The van der Waals surface area contributed by atoms with Crippen LogP contribution in [0.25, 0.3) is 0 Å². The van der Waals surface area contributed by atoms with Gasteiger partial charge in [-0.05, 0) is 6.07 Å². The quantitative estimate of drug-likeness (QED) is 0.938. The number of nitrogens with one attached hydrogen (secondary N) is 1. The maximum atomic E-state index is 13.5. The smallest absolute Gasteiger partial charge is 0.183 e. The molecule has 1 aromatic carbocycles. The third-order valence-electron chi connectivity index (χ3n) is 2.16. The molecule has 2 rings (SSSR count). The van der Waals surface area contributed by atoms with Gasteiger partial charge in [0.1, 0.15) is 17.7 Å². The van der Waals surface area contributed by atoms with Crippen LogP contribution in [-0.2, 0) is 6.54 Å². The minimum atomic E-state index is -0.760. The third kappa shape index (κ3) is 2.75. The van der Waals surface area contributed by atoms with Crippen LogP contribution in [0.2, 0.25) is 4.47 Å². The van der Waals surface area contributed by atoms with Crippen molar-refractivity contribution < 1.29 is 8.78 Å². The molecule has 1 N–H and O–H groups in total. The van der Waals surface area contributed by atoms with Crippen LogP contribution in [0.15, 0.2) is 18.3 Å². The second kappa shape index (κ2) is 5.29. The van der Waals surface area contributed by atoms with Crippen molar-refractivity contribution >= 4 is 28.6 Å². The van der Waals surface area contributed by atoms with Crippen LogP contribution in [0.3, 0.4) is 0 Å². The lowest BCUT2D eigenvalue weighted by atomic mass is 10.2. The SMILES string of the molecule is N#Cc1cc(F)c(NCc2cnc(Cl)s2)cc1F. The van der Waals surface area contributed by atoms with E-state index in [1.165, 1.54) is 11.3 Å². The van der Waals surface area contributed by atoms with Crippen LogP contribution in [-0.4, -0.2) is 4.98 Å². The number of anilines is 1. The van der Waals surface area contributed by atoms with Crippen molar-refractivity contribution in [3.63, 3.8) is 0 Å². The summed E-state index contributed by atoms with van der Waals surface area (Å²) in [7, 11) is 0. The molecule has 0 aliphatic heterocycles. The van der Waals surface area contributed by atoms with Crippen molar-refractivity contribution in [3.8, 4) is 6.07 Å². The largest absolute Gasteiger partial charge is 0.378 e. The molecule has 0 amide bonds. The van der Waals surface area contributed by atoms with E-state index in [0.717, 1.165) is 17.0 Å². The summed E-state index contributed by atoms with van der Waals surface area (Å²) in [5.41, 5.74) is -0.324. The Labute approximate surface area is 111 Å². The van der Waals surface area contributed by atoms with Crippen molar-refractivity contribution in [1.82, 2.24) is 4.98 Å². The highest BCUT2D eigenvalue weighted by Crippen LogP contribution is 2.22. The van der Waals surface area contributed by atoms with Crippen molar-refractivity contribution in [2.24, 2.45) is 0 Å². The molecule has 0 aliphatic rings. The number of aromatic nitrogens is 1. The molecule has 0 atom stereocenters. The standard InChI is InChI=1S/C11H6ClF2N3S/c12-11-17-5-7(18-11)4-16-10-2-8(13)6(3-15)1-9(10)14/h1-2,5,16H,4H2. The second-order valence-corrected chi connectivity index (χ2v) is 5.05. The van der Waals surface area contributed by atoms with Crippen molar-refractivity contribution in [2.75, 3.05) is 5.32 Å². The Bertz CT molecular complexity index is 621. The number of rotatable bonds is 3. The van der Waals surface area contributed by atoms with Crippen LogP contribution >= 0.6 is 22.9 Å². The maximum absolute atomic E-state index is 13.5. The van der Waals surface area contributed by atoms with Crippen LogP contribution in [0.4, 0.5) is 14.5 Å². The van der Waals surface area contributed by atoms with E-state index in [1.807, 2.05) is 0 Å². The van der Waals surface area contributed by atoms with Gasteiger partial charge in [0.15, 0.2) is 4.47 Å². The van der Waals surface area contributed by atoms with Gasteiger partial charge in [0, 0.05) is 17.1 Å². The molecular weight excluding hydrogens is 280 g/mol. The molecule has 3 nitrogen and oxygen atoms in total. The molecule has 0 fully saturated rings. The predicted molar refractivity (Wildman–Crippen MR) is 65.5 cm³/mol. The molecule has 0 saturated carbocycles. The summed E-state index contributed by atoms with van der Waals surface area (Å²) in [5.74, 6) is -1.44. The first-order valence-electron chi connectivity index (χ1n) is 4.83. The minimum Gasteiger partial charge on any atom is -0.378 e. The predicted octanol–water partition coefficient (Wildman–Crippen LogP) is 3.56. The first-order valence-corrected chi connectivity index (χ1v) is 6.03. The van der Waals surface area contributed by atoms with Crippen LogP contribution in [0, 0.1) is 23.0 Å². The number of halogens is 3. The lowest BCUT2D eigenvalue weighted by Crippen LogP contribution is -2.01. The molecule has 0 bridgehead atoms. The molecule has 0 saturated heterocycles. The van der Waals surface area contributed by atoms with Gasteiger partial charge in [-0.15, -0.1) is 11.3 Å². The number of hydrogen-bond acceptors (Lipinski definition) is 4. The molecule has 18 heavy (non-hydrogen) atoms. The summed E-state index contributed by atoms with van der Waals surface area (Å²) in [5, 5.41) is 11.3. The topological polar surface area (TPSA) is 48.7 Å². The molecule has 2 aromatic rings. The van der Waals surface area contributed by atoms with Crippen molar-refractivity contribution in [3.05, 3.63) is 44.9 Å². The van der Waals surface area contributed by atoms with E-state index in [9.17, 15) is 8.78 Å². The Morgan fingerprint density at radius 1 is 1.39 bits per heavy atom. The molecule has 0 spiro atoms. The first kappa shape index (κ1) is 12.7. The van der Waals surface area contributed by atoms with Crippen molar-refractivity contribution in [2.45, 2.75) is 6.54 Å². The zero-order chi connectivity index (χ0) is 13.1. The fraction of sp³-hybridized carbons (Fsp3) is 0.0909. The van der Waals surface area contributed by atoms with E-state index in [2.05, 4.69) is 10.3 Å². The molecule has 1 aromatic heterocycles. The first-order chi connectivity index (χ1) is 8.60. The molecule has 0 radical (unpaired) electrons.